The standard InChI is InChI=1S/C24H26F3IN2O4/c1-12(2)30(23(31)14-6-4-13(3)5-7-14)18-11-16(25)19(10-15(18)24(32)33)34-22-20(21(26)27)17(28)8-9-29-22/h8-14,21H,4-7H2,1-3H3,(H,32,33). The van der Waals surface area contributed by atoms with Crippen molar-refractivity contribution in [2.75, 3.05) is 4.90 Å². The van der Waals surface area contributed by atoms with Crippen molar-refractivity contribution < 1.29 is 32.6 Å². The van der Waals surface area contributed by atoms with E-state index in [4.69, 9.17) is 4.74 Å². The van der Waals surface area contributed by atoms with Crippen LogP contribution in [0.4, 0.5) is 18.9 Å². The number of hydrogen-bond donors (Lipinski definition) is 1. The van der Waals surface area contributed by atoms with E-state index in [0.29, 0.717) is 18.8 Å². The number of aromatic nitrogens is 1. The van der Waals surface area contributed by atoms with Gasteiger partial charge in [0.15, 0.2) is 11.6 Å². The van der Waals surface area contributed by atoms with Crippen molar-refractivity contribution in [3.8, 4) is 11.6 Å². The van der Waals surface area contributed by atoms with Gasteiger partial charge < -0.3 is 14.7 Å². The molecule has 0 aliphatic heterocycles. The van der Waals surface area contributed by atoms with Crippen LogP contribution in [0.25, 0.3) is 0 Å². The molecular formula is C24H26F3IN2O4. The zero-order valence-electron chi connectivity index (χ0n) is 19.0. The molecule has 1 aromatic carbocycles. The van der Waals surface area contributed by atoms with Gasteiger partial charge in [0.25, 0.3) is 6.43 Å². The summed E-state index contributed by atoms with van der Waals surface area (Å²) < 4.78 is 47.6. The molecule has 3 rings (SSSR count). The van der Waals surface area contributed by atoms with Gasteiger partial charge in [0.2, 0.25) is 11.8 Å². The number of halogens is 4. The maximum absolute atomic E-state index is 15.1. The Kier molecular flexibility index (Phi) is 8.43. The van der Waals surface area contributed by atoms with E-state index in [1.807, 2.05) is 0 Å². The fraction of sp³-hybridized carbons (Fsp3) is 0.458. The molecule has 1 N–H and O–H groups in total. The normalized spacial score (nSPS) is 18.3. The third-order valence-corrected chi connectivity index (χ3v) is 6.92. The Labute approximate surface area is 209 Å². The topological polar surface area (TPSA) is 79.7 Å². The summed E-state index contributed by atoms with van der Waals surface area (Å²) in [6, 6.07) is 2.75. The van der Waals surface area contributed by atoms with Crippen molar-refractivity contribution in [2.24, 2.45) is 11.8 Å². The maximum atomic E-state index is 15.1. The molecule has 1 aromatic heterocycles. The van der Waals surface area contributed by atoms with Crippen molar-refractivity contribution >= 4 is 40.2 Å². The number of carbonyl (C=O) groups excluding carboxylic acids is 1. The molecule has 184 valence electrons. The Bertz CT molecular complexity index is 1070. The average Bonchev–Trinajstić information content (AvgIpc) is 2.75. The number of pyridine rings is 1. The van der Waals surface area contributed by atoms with Crippen LogP contribution < -0.4 is 9.64 Å². The van der Waals surface area contributed by atoms with Crippen LogP contribution in [-0.4, -0.2) is 28.0 Å². The van der Waals surface area contributed by atoms with Gasteiger partial charge in [-0.15, -0.1) is 0 Å². The number of ether oxygens (including phenoxy) is 1. The Hall–Kier alpha value is -2.37. The molecule has 0 bridgehead atoms. The third-order valence-electron chi connectivity index (χ3n) is 5.98. The minimum absolute atomic E-state index is 0.0966. The number of hydrogen-bond acceptors (Lipinski definition) is 4. The summed E-state index contributed by atoms with van der Waals surface area (Å²) in [5.74, 6) is -3.48. The Morgan fingerprint density at radius 2 is 1.85 bits per heavy atom. The van der Waals surface area contributed by atoms with Crippen LogP contribution in [0.15, 0.2) is 24.4 Å². The lowest BCUT2D eigenvalue weighted by Crippen LogP contribution is -2.43. The lowest BCUT2D eigenvalue weighted by molar-refractivity contribution is -0.123. The first-order chi connectivity index (χ1) is 16.0. The molecule has 0 unspecified atom stereocenters. The van der Waals surface area contributed by atoms with Crippen molar-refractivity contribution in [3.05, 3.63) is 44.9 Å². The molecule has 2 aromatic rings. The number of aromatic carboxylic acids is 1. The molecule has 0 radical (unpaired) electrons. The van der Waals surface area contributed by atoms with Crippen LogP contribution in [0.2, 0.25) is 0 Å². The minimum atomic E-state index is -2.93. The molecule has 1 amide bonds. The van der Waals surface area contributed by atoms with E-state index < -0.39 is 41.4 Å². The molecule has 34 heavy (non-hydrogen) atoms. The highest BCUT2D eigenvalue weighted by atomic mass is 127. The Morgan fingerprint density at radius 3 is 2.41 bits per heavy atom. The largest absolute Gasteiger partial charge is 0.478 e. The number of alkyl halides is 2. The smallest absolute Gasteiger partial charge is 0.337 e. The Morgan fingerprint density at radius 1 is 1.21 bits per heavy atom. The van der Waals surface area contributed by atoms with Crippen LogP contribution in [0.3, 0.4) is 0 Å². The number of nitrogens with zero attached hydrogens (tertiary/aromatic N) is 2. The van der Waals surface area contributed by atoms with E-state index in [1.54, 1.807) is 36.4 Å². The molecule has 0 saturated heterocycles. The summed E-state index contributed by atoms with van der Waals surface area (Å²) in [5, 5.41) is 9.84. The van der Waals surface area contributed by atoms with Crippen LogP contribution in [0.5, 0.6) is 11.6 Å². The zero-order chi connectivity index (χ0) is 25.2. The van der Waals surface area contributed by atoms with Crippen LogP contribution in [0, 0.1) is 21.2 Å². The first-order valence-corrected chi connectivity index (χ1v) is 12.1. The first-order valence-electron chi connectivity index (χ1n) is 11.0. The maximum Gasteiger partial charge on any atom is 0.337 e. The van der Waals surface area contributed by atoms with Gasteiger partial charge in [0.1, 0.15) is 0 Å². The number of rotatable bonds is 7. The fourth-order valence-corrected chi connectivity index (χ4v) is 4.79. The SMILES string of the molecule is CC1CCC(C(=O)N(c2cc(F)c(Oc3nccc(I)c3C(F)F)cc2C(=O)O)C(C)C)CC1. The van der Waals surface area contributed by atoms with Gasteiger partial charge in [-0.3, -0.25) is 4.79 Å². The summed E-state index contributed by atoms with van der Waals surface area (Å²) in [7, 11) is 0. The van der Waals surface area contributed by atoms with Crippen LogP contribution >= 0.6 is 22.6 Å². The molecule has 0 spiro atoms. The second kappa shape index (κ2) is 10.9. The molecule has 1 aliphatic carbocycles. The number of carboxylic acid groups (broad SMARTS) is 1. The predicted molar refractivity (Wildman–Crippen MR) is 129 cm³/mol. The monoisotopic (exact) mass is 590 g/mol. The Balaban J connectivity index is 2.03. The van der Waals surface area contributed by atoms with Crippen molar-refractivity contribution in [2.45, 2.75) is 58.9 Å². The fourth-order valence-electron chi connectivity index (χ4n) is 4.16. The van der Waals surface area contributed by atoms with Crippen LogP contribution in [-0.2, 0) is 4.79 Å². The van der Waals surface area contributed by atoms with Crippen LogP contribution in [0.1, 0.15) is 68.8 Å². The molecule has 1 fully saturated rings. The van der Waals surface area contributed by atoms with Gasteiger partial charge in [0.05, 0.1) is 16.8 Å². The van der Waals surface area contributed by atoms with E-state index in [1.165, 1.54) is 17.2 Å². The summed E-state index contributed by atoms with van der Waals surface area (Å²) in [5.41, 5.74) is -0.985. The number of amides is 1. The number of carboxylic acids is 1. The molecule has 6 nitrogen and oxygen atoms in total. The molecule has 10 heteroatoms. The van der Waals surface area contributed by atoms with Crippen molar-refractivity contribution in [3.63, 3.8) is 0 Å². The van der Waals surface area contributed by atoms with E-state index in [0.717, 1.165) is 25.0 Å². The first kappa shape index (κ1) is 26.2. The number of benzene rings is 1. The quantitative estimate of drug-likeness (QED) is 0.358. The van der Waals surface area contributed by atoms with E-state index >= 15 is 4.39 Å². The average molecular weight is 590 g/mol. The molecule has 1 aliphatic rings. The lowest BCUT2D eigenvalue weighted by Gasteiger charge is -2.34. The van der Waals surface area contributed by atoms with Gasteiger partial charge in [-0.2, -0.15) is 0 Å². The van der Waals surface area contributed by atoms with E-state index in [-0.39, 0.29) is 26.6 Å². The highest BCUT2D eigenvalue weighted by Crippen LogP contribution is 2.38. The third kappa shape index (κ3) is 5.64. The highest BCUT2D eigenvalue weighted by Gasteiger charge is 2.33. The summed E-state index contributed by atoms with van der Waals surface area (Å²) in [4.78, 5) is 30.5. The van der Waals surface area contributed by atoms with E-state index in [9.17, 15) is 23.5 Å². The number of anilines is 1. The molecule has 1 heterocycles. The second-order valence-electron chi connectivity index (χ2n) is 8.78. The van der Waals surface area contributed by atoms with Crippen molar-refractivity contribution in [1.29, 1.82) is 0 Å². The number of carbonyl (C=O) groups is 2. The van der Waals surface area contributed by atoms with Gasteiger partial charge in [-0.1, -0.05) is 6.92 Å². The summed E-state index contributed by atoms with van der Waals surface area (Å²) in [6.45, 7) is 5.57. The summed E-state index contributed by atoms with van der Waals surface area (Å²) in [6.07, 6.45) is 1.46. The van der Waals surface area contributed by atoms with Gasteiger partial charge in [0, 0.05) is 33.9 Å². The second-order valence-corrected chi connectivity index (χ2v) is 9.94. The van der Waals surface area contributed by atoms with Crippen molar-refractivity contribution in [1.82, 2.24) is 4.98 Å². The van der Waals surface area contributed by atoms with Gasteiger partial charge in [-0.05, 0) is 74.1 Å². The lowest BCUT2D eigenvalue weighted by atomic mass is 9.82. The molecule has 1 saturated carbocycles. The summed E-state index contributed by atoms with van der Waals surface area (Å²) >= 11 is 1.69. The van der Waals surface area contributed by atoms with Gasteiger partial charge in [-0.25, -0.2) is 22.9 Å². The van der Waals surface area contributed by atoms with E-state index in [2.05, 4.69) is 11.9 Å². The van der Waals surface area contributed by atoms with Gasteiger partial charge >= 0.3 is 5.97 Å². The minimum Gasteiger partial charge on any atom is -0.478 e. The molecular weight excluding hydrogens is 564 g/mol. The zero-order valence-corrected chi connectivity index (χ0v) is 21.2. The predicted octanol–water partition coefficient (Wildman–Crippen LogP) is 6.82. The highest BCUT2D eigenvalue weighted by molar-refractivity contribution is 14.1. The molecule has 0 atom stereocenters.